The van der Waals surface area contributed by atoms with Crippen molar-refractivity contribution in [3.63, 3.8) is 0 Å². The summed E-state index contributed by atoms with van der Waals surface area (Å²) in [6.45, 7) is 0. The first-order valence-corrected chi connectivity index (χ1v) is 10.5. The van der Waals surface area contributed by atoms with E-state index < -0.39 is 0 Å². The Labute approximate surface area is 177 Å². The third-order valence-corrected chi connectivity index (χ3v) is 6.69. The Balaban J connectivity index is 1.27. The van der Waals surface area contributed by atoms with E-state index in [2.05, 4.69) is 27.8 Å². The standard InChI is InChI=1S/C23H17N5OS/c24-9-15-4-6-17(7-5-15)26-18-3-1-2-16(8-18)19-10-30-21(27-19)28-20(29)23-11-22(12-23,13-23)14-25/h1-8,10,26H,11-13H2,(H,27,28,29). The SMILES string of the molecule is N#Cc1ccc(Nc2cccc(-c3csc(NC(=O)C45CC(C#N)(C4)C5)n3)c2)cc1. The van der Waals surface area contributed by atoms with Crippen LogP contribution < -0.4 is 10.6 Å². The second-order valence-corrected chi connectivity index (χ2v) is 8.95. The third kappa shape index (κ3) is 3.01. The lowest BCUT2D eigenvalue weighted by Crippen LogP contribution is -2.65. The van der Waals surface area contributed by atoms with Gasteiger partial charge in [0.1, 0.15) is 0 Å². The van der Waals surface area contributed by atoms with Crippen LogP contribution in [0.15, 0.2) is 53.9 Å². The van der Waals surface area contributed by atoms with Gasteiger partial charge < -0.3 is 10.6 Å². The summed E-state index contributed by atoms with van der Waals surface area (Å²) in [4.78, 5) is 17.2. The normalized spacial score (nSPS) is 23.3. The second-order valence-electron chi connectivity index (χ2n) is 8.09. The fourth-order valence-corrected chi connectivity index (χ4v) is 5.11. The lowest BCUT2D eigenvalue weighted by atomic mass is 9.35. The summed E-state index contributed by atoms with van der Waals surface area (Å²) in [6.07, 6.45) is 2.01. The van der Waals surface area contributed by atoms with Gasteiger partial charge in [0.25, 0.3) is 0 Å². The Morgan fingerprint density at radius 2 is 1.83 bits per heavy atom. The molecule has 3 fully saturated rings. The van der Waals surface area contributed by atoms with Crippen molar-refractivity contribution in [3.05, 3.63) is 59.5 Å². The number of carbonyl (C=O) groups is 1. The number of anilines is 3. The number of hydrogen-bond donors (Lipinski definition) is 2. The Bertz CT molecular complexity index is 1210. The number of thiazole rings is 1. The van der Waals surface area contributed by atoms with E-state index in [1.165, 1.54) is 11.3 Å². The summed E-state index contributed by atoms with van der Waals surface area (Å²) in [6, 6.07) is 19.6. The largest absolute Gasteiger partial charge is 0.356 e. The van der Waals surface area contributed by atoms with Crippen LogP contribution in [-0.4, -0.2) is 10.9 Å². The van der Waals surface area contributed by atoms with E-state index in [9.17, 15) is 4.79 Å². The van der Waals surface area contributed by atoms with Crippen LogP contribution in [0.3, 0.4) is 0 Å². The average molecular weight is 411 g/mol. The highest BCUT2D eigenvalue weighted by atomic mass is 32.1. The summed E-state index contributed by atoms with van der Waals surface area (Å²) in [5.41, 5.74) is 3.56. The monoisotopic (exact) mass is 411 g/mol. The second kappa shape index (κ2) is 6.69. The van der Waals surface area contributed by atoms with Crippen molar-refractivity contribution in [1.29, 1.82) is 10.5 Å². The van der Waals surface area contributed by atoms with E-state index in [-0.39, 0.29) is 16.7 Å². The fourth-order valence-electron chi connectivity index (χ4n) is 4.39. The van der Waals surface area contributed by atoms with Gasteiger partial charge >= 0.3 is 0 Å². The Hall–Kier alpha value is -3.68. The first-order valence-electron chi connectivity index (χ1n) is 9.59. The van der Waals surface area contributed by atoms with Gasteiger partial charge in [0.2, 0.25) is 5.91 Å². The Morgan fingerprint density at radius 3 is 2.53 bits per heavy atom. The number of carbonyl (C=O) groups excluding carboxylic acids is 1. The zero-order chi connectivity index (χ0) is 20.8. The van der Waals surface area contributed by atoms with Crippen molar-refractivity contribution in [1.82, 2.24) is 4.98 Å². The number of amides is 1. The summed E-state index contributed by atoms with van der Waals surface area (Å²) in [5.74, 6) is -0.0169. The molecule has 0 saturated heterocycles. The molecule has 0 atom stereocenters. The van der Waals surface area contributed by atoms with Gasteiger partial charge in [-0.3, -0.25) is 4.79 Å². The minimum atomic E-state index is -0.355. The fraction of sp³-hybridized carbons (Fsp3) is 0.217. The van der Waals surface area contributed by atoms with Crippen LogP contribution in [-0.2, 0) is 4.79 Å². The summed E-state index contributed by atoms with van der Waals surface area (Å²) >= 11 is 1.40. The van der Waals surface area contributed by atoms with Crippen molar-refractivity contribution in [3.8, 4) is 23.4 Å². The zero-order valence-corrected chi connectivity index (χ0v) is 16.8. The van der Waals surface area contributed by atoms with Gasteiger partial charge in [0.05, 0.1) is 34.2 Å². The summed E-state index contributed by atoms with van der Waals surface area (Å²) in [5, 5.41) is 26.8. The lowest BCUT2D eigenvalue weighted by molar-refractivity contribution is -0.179. The quantitative estimate of drug-likeness (QED) is 0.611. The number of nitrogens with zero attached hydrogens (tertiary/aromatic N) is 3. The van der Waals surface area contributed by atoms with Crippen LogP contribution in [0.2, 0.25) is 0 Å². The molecule has 0 unspecified atom stereocenters. The van der Waals surface area contributed by atoms with E-state index in [0.717, 1.165) is 22.6 Å². The van der Waals surface area contributed by atoms with Gasteiger partial charge in [0, 0.05) is 22.3 Å². The van der Waals surface area contributed by atoms with Gasteiger partial charge in [0.15, 0.2) is 5.13 Å². The molecular formula is C23H17N5OS. The van der Waals surface area contributed by atoms with Gasteiger partial charge in [-0.05, 0) is 55.7 Å². The van der Waals surface area contributed by atoms with E-state index >= 15 is 0 Å². The molecule has 6 nitrogen and oxygen atoms in total. The minimum Gasteiger partial charge on any atom is -0.356 e. The van der Waals surface area contributed by atoms with Gasteiger partial charge in [-0.1, -0.05) is 12.1 Å². The summed E-state index contributed by atoms with van der Waals surface area (Å²) < 4.78 is 0. The Morgan fingerprint density at radius 1 is 1.07 bits per heavy atom. The van der Waals surface area contributed by atoms with Crippen molar-refractivity contribution in [2.45, 2.75) is 19.3 Å². The van der Waals surface area contributed by atoms with Crippen LogP contribution in [0.5, 0.6) is 0 Å². The molecule has 0 aliphatic heterocycles. The molecule has 146 valence electrons. The van der Waals surface area contributed by atoms with Crippen LogP contribution in [0, 0.1) is 33.5 Å². The molecule has 6 rings (SSSR count). The van der Waals surface area contributed by atoms with E-state index in [0.29, 0.717) is 30.0 Å². The number of benzene rings is 2. The van der Waals surface area contributed by atoms with Crippen LogP contribution in [0.1, 0.15) is 24.8 Å². The molecule has 3 aliphatic rings. The molecule has 1 aromatic heterocycles. The molecule has 1 heterocycles. The number of hydrogen-bond acceptors (Lipinski definition) is 6. The maximum absolute atomic E-state index is 12.6. The molecule has 3 saturated carbocycles. The van der Waals surface area contributed by atoms with Crippen LogP contribution in [0.4, 0.5) is 16.5 Å². The average Bonchev–Trinajstić information content (AvgIpc) is 3.16. The molecule has 7 heteroatoms. The van der Waals surface area contributed by atoms with Gasteiger partial charge in [-0.2, -0.15) is 10.5 Å². The number of nitriles is 2. The number of nitrogens with one attached hydrogen (secondary N) is 2. The molecule has 0 radical (unpaired) electrons. The molecule has 2 N–H and O–H groups in total. The molecule has 0 spiro atoms. The summed E-state index contributed by atoms with van der Waals surface area (Å²) in [7, 11) is 0. The van der Waals surface area contributed by atoms with Crippen LogP contribution >= 0.6 is 11.3 Å². The first-order chi connectivity index (χ1) is 14.5. The predicted octanol–water partition coefficient (Wildman–Crippen LogP) is 5.06. The molecule has 2 bridgehead atoms. The van der Waals surface area contributed by atoms with E-state index in [1.54, 1.807) is 12.1 Å². The molecule has 3 aromatic rings. The van der Waals surface area contributed by atoms with Crippen molar-refractivity contribution in [2.75, 3.05) is 10.6 Å². The van der Waals surface area contributed by atoms with Gasteiger partial charge in [-0.25, -0.2) is 4.98 Å². The van der Waals surface area contributed by atoms with Crippen LogP contribution in [0.25, 0.3) is 11.3 Å². The predicted molar refractivity (Wildman–Crippen MR) is 115 cm³/mol. The van der Waals surface area contributed by atoms with Crippen molar-refractivity contribution < 1.29 is 4.79 Å². The lowest BCUT2D eigenvalue weighted by Gasteiger charge is -2.65. The highest BCUT2D eigenvalue weighted by Crippen LogP contribution is 2.73. The highest BCUT2D eigenvalue weighted by Gasteiger charge is 2.72. The van der Waals surface area contributed by atoms with E-state index in [1.807, 2.05) is 41.8 Å². The van der Waals surface area contributed by atoms with E-state index in [4.69, 9.17) is 10.5 Å². The van der Waals surface area contributed by atoms with Gasteiger partial charge in [-0.15, -0.1) is 11.3 Å². The third-order valence-electron chi connectivity index (χ3n) is 5.93. The topological polar surface area (TPSA) is 102 Å². The maximum atomic E-state index is 12.6. The molecule has 30 heavy (non-hydrogen) atoms. The first kappa shape index (κ1) is 18.4. The molecule has 2 aromatic carbocycles. The smallest absolute Gasteiger partial charge is 0.232 e. The molecular weight excluding hydrogens is 394 g/mol. The number of aromatic nitrogens is 1. The zero-order valence-electron chi connectivity index (χ0n) is 16.0. The number of rotatable bonds is 5. The van der Waals surface area contributed by atoms with Crippen molar-refractivity contribution >= 4 is 33.8 Å². The van der Waals surface area contributed by atoms with Crippen molar-refractivity contribution in [2.24, 2.45) is 10.8 Å². The highest BCUT2D eigenvalue weighted by molar-refractivity contribution is 7.14. The minimum absolute atomic E-state index is 0.0169. The molecule has 3 aliphatic carbocycles. The molecule has 1 amide bonds. The maximum Gasteiger partial charge on any atom is 0.232 e. The Kier molecular flexibility index (Phi) is 4.09.